The molecule has 0 spiro atoms. The minimum absolute atomic E-state index is 0.338. The summed E-state index contributed by atoms with van der Waals surface area (Å²) in [5, 5.41) is 7.78. The Morgan fingerprint density at radius 3 is 2.48 bits per heavy atom. The molecule has 148 valence electrons. The fourth-order valence-corrected chi connectivity index (χ4v) is 3.41. The van der Waals surface area contributed by atoms with Gasteiger partial charge >= 0.3 is 5.97 Å². The average Bonchev–Trinajstić information content (AvgIpc) is 3.47. The Balaban J connectivity index is 1.37. The maximum atomic E-state index is 12.5. The van der Waals surface area contributed by atoms with Gasteiger partial charge in [-0.15, -0.1) is 0 Å². The predicted molar refractivity (Wildman–Crippen MR) is 111 cm³/mol. The van der Waals surface area contributed by atoms with E-state index in [1.807, 2.05) is 42.5 Å². The molecule has 1 heterocycles. The SMILES string of the molecule is Cn1nc(-c2ccc(Cl)cc2)cc1NC(=O)COC(=O)C1(c2ccccc2)CC1. The molecule has 1 amide bonds. The Morgan fingerprint density at radius 2 is 1.83 bits per heavy atom. The van der Waals surface area contributed by atoms with E-state index in [-0.39, 0.29) is 12.6 Å². The summed E-state index contributed by atoms with van der Waals surface area (Å²) < 4.78 is 6.87. The van der Waals surface area contributed by atoms with Crippen molar-refractivity contribution in [1.82, 2.24) is 9.78 Å². The van der Waals surface area contributed by atoms with Gasteiger partial charge in [-0.1, -0.05) is 54.1 Å². The number of carbonyl (C=O) groups is 2. The van der Waals surface area contributed by atoms with Crippen molar-refractivity contribution in [2.75, 3.05) is 11.9 Å². The fraction of sp³-hybridized carbons (Fsp3) is 0.227. The molecule has 3 aromatic rings. The molecule has 2 aromatic carbocycles. The third kappa shape index (κ3) is 4.03. The second-order valence-electron chi connectivity index (χ2n) is 7.12. The first-order valence-corrected chi connectivity index (χ1v) is 9.68. The topological polar surface area (TPSA) is 73.2 Å². The van der Waals surface area contributed by atoms with E-state index in [0.29, 0.717) is 16.5 Å². The minimum Gasteiger partial charge on any atom is -0.455 e. The fourth-order valence-electron chi connectivity index (χ4n) is 3.29. The number of nitrogens with zero attached hydrogens (tertiary/aromatic N) is 2. The number of carbonyl (C=O) groups excluding carboxylic acids is 2. The van der Waals surface area contributed by atoms with Gasteiger partial charge in [0, 0.05) is 23.7 Å². The number of aromatic nitrogens is 2. The van der Waals surface area contributed by atoms with Gasteiger partial charge in [0.1, 0.15) is 5.82 Å². The van der Waals surface area contributed by atoms with Crippen LogP contribution in [0, 0.1) is 0 Å². The van der Waals surface area contributed by atoms with E-state index >= 15 is 0 Å². The van der Waals surface area contributed by atoms with Crippen LogP contribution in [0.3, 0.4) is 0 Å². The molecule has 0 radical (unpaired) electrons. The first-order chi connectivity index (χ1) is 14.0. The maximum absolute atomic E-state index is 12.5. The first kappa shape index (κ1) is 19.2. The van der Waals surface area contributed by atoms with Crippen molar-refractivity contribution in [3.05, 3.63) is 71.2 Å². The van der Waals surface area contributed by atoms with Crippen molar-refractivity contribution >= 4 is 29.3 Å². The smallest absolute Gasteiger partial charge is 0.317 e. The monoisotopic (exact) mass is 409 g/mol. The zero-order chi connectivity index (χ0) is 20.4. The minimum atomic E-state index is -0.601. The van der Waals surface area contributed by atoms with E-state index in [9.17, 15) is 9.59 Å². The highest BCUT2D eigenvalue weighted by Crippen LogP contribution is 2.49. The molecule has 7 heteroatoms. The van der Waals surface area contributed by atoms with Crippen LogP contribution in [-0.4, -0.2) is 28.3 Å². The molecule has 1 N–H and O–H groups in total. The van der Waals surface area contributed by atoms with Crippen molar-refractivity contribution in [2.24, 2.45) is 7.05 Å². The second-order valence-corrected chi connectivity index (χ2v) is 7.55. The summed E-state index contributed by atoms with van der Waals surface area (Å²) in [6, 6.07) is 18.6. The van der Waals surface area contributed by atoms with Crippen LogP contribution in [0.2, 0.25) is 5.02 Å². The van der Waals surface area contributed by atoms with Gasteiger partial charge < -0.3 is 10.1 Å². The summed E-state index contributed by atoms with van der Waals surface area (Å²) in [5.41, 5.74) is 1.92. The van der Waals surface area contributed by atoms with Gasteiger partial charge in [-0.25, -0.2) is 0 Å². The van der Waals surface area contributed by atoms with Gasteiger partial charge in [-0.3, -0.25) is 14.3 Å². The summed E-state index contributed by atoms with van der Waals surface area (Å²) in [6.07, 6.45) is 1.48. The summed E-state index contributed by atoms with van der Waals surface area (Å²) in [4.78, 5) is 24.8. The molecule has 1 saturated carbocycles. The van der Waals surface area contributed by atoms with Gasteiger partial charge in [0.25, 0.3) is 5.91 Å². The third-order valence-corrected chi connectivity index (χ3v) is 5.34. The number of nitrogens with one attached hydrogen (secondary N) is 1. The molecule has 1 aliphatic carbocycles. The first-order valence-electron chi connectivity index (χ1n) is 9.30. The molecule has 0 atom stereocenters. The van der Waals surface area contributed by atoms with Gasteiger partial charge in [0.2, 0.25) is 0 Å². The van der Waals surface area contributed by atoms with Crippen molar-refractivity contribution in [2.45, 2.75) is 18.3 Å². The van der Waals surface area contributed by atoms with Crippen molar-refractivity contribution in [3.8, 4) is 11.3 Å². The lowest BCUT2D eigenvalue weighted by Crippen LogP contribution is -2.28. The molecule has 1 aromatic heterocycles. The van der Waals surface area contributed by atoms with E-state index in [0.717, 1.165) is 24.0 Å². The Kier molecular flexibility index (Phi) is 5.11. The normalized spacial score (nSPS) is 14.3. The highest BCUT2D eigenvalue weighted by Gasteiger charge is 2.52. The molecular formula is C22H20ClN3O3. The average molecular weight is 410 g/mol. The third-order valence-electron chi connectivity index (χ3n) is 5.09. The summed E-state index contributed by atoms with van der Waals surface area (Å²) in [5.74, 6) is -0.251. The van der Waals surface area contributed by atoms with E-state index in [4.69, 9.17) is 16.3 Å². The van der Waals surface area contributed by atoms with Crippen LogP contribution < -0.4 is 5.32 Å². The van der Waals surface area contributed by atoms with Crippen molar-refractivity contribution in [3.63, 3.8) is 0 Å². The van der Waals surface area contributed by atoms with Crippen molar-refractivity contribution in [1.29, 1.82) is 0 Å². The summed E-state index contributed by atoms with van der Waals surface area (Å²) in [6.45, 7) is -0.338. The van der Waals surface area contributed by atoms with Gasteiger partial charge in [0.15, 0.2) is 6.61 Å². The number of ether oxygens (including phenoxy) is 1. The number of hydrogen-bond acceptors (Lipinski definition) is 4. The standard InChI is InChI=1S/C22H20ClN3O3/c1-26-19(13-18(25-26)15-7-9-17(23)10-8-15)24-20(27)14-29-21(28)22(11-12-22)16-5-3-2-4-6-16/h2-10,13H,11-12,14H2,1H3,(H,24,27). The predicted octanol–water partition coefficient (Wildman–Crippen LogP) is 3.95. The van der Waals surface area contributed by atoms with Crippen molar-refractivity contribution < 1.29 is 14.3 Å². The van der Waals surface area contributed by atoms with Crippen LogP contribution in [0.15, 0.2) is 60.7 Å². The van der Waals surface area contributed by atoms with Gasteiger partial charge in [-0.05, 0) is 30.5 Å². The number of halogens is 1. The lowest BCUT2D eigenvalue weighted by atomic mass is 9.96. The number of esters is 1. The molecule has 0 aliphatic heterocycles. The molecule has 0 saturated heterocycles. The number of aryl methyl sites for hydroxylation is 1. The molecule has 29 heavy (non-hydrogen) atoms. The number of benzene rings is 2. The largest absolute Gasteiger partial charge is 0.455 e. The number of rotatable bonds is 6. The highest BCUT2D eigenvalue weighted by molar-refractivity contribution is 6.30. The maximum Gasteiger partial charge on any atom is 0.317 e. The van der Waals surface area contributed by atoms with Gasteiger partial charge in [-0.2, -0.15) is 5.10 Å². The van der Waals surface area contributed by atoms with Crippen LogP contribution in [0.25, 0.3) is 11.3 Å². The van der Waals surface area contributed by atoms with Crippen LogP contribution in [0.4, 0.5) is 5.82 Å². The van der Waals surface area contributed by atoms with Gasteiger partial charge in [0.05, 0.1) is 11.1 Å². The van der Waals surface area contributed by atoms with Crippen LogP contribution in [-0.2, 0) is 26.8 Å². The Hall–Kier alpha value is -3.12. The van der Waals surface area contributed by atoms with E-state index < -0.39 is 11.3 Å². The lowest BCUT2D eigenvalue weighted by molar-refractivity contribution is -0.150. The molecule has 4 rings (SSSR count). The molecule has 0 unspecified atom stereocenters. The number of hydrogen-bond donors (Lipinski definition) is 1. The van der Waals surface area contributed by atoms with E-state index in [1.54, 1.807) is 29.9 Å². The Labute approximate surface area is 173 Å². The Bertz CT molecular complexity index is 1040. The zero-order valence-corrected chi connectivity index (χ0v) is 16.6. The van der Waals surface area contributed by atoms with E-state index in [1.165, 1.54) is 0 Å². The highest BCUT2D eigenvalue weighted by atomic mass is 35.5. The summed E-state index contributed by atoms with van der Waals surface area (Å²) >= 11 is 5.92. The van der Waals surface area contributed by atoms with Crippen LogP contribution in [0.5, 0.6) is 0 Å². The van der Waals surface area contributed by atoms with E-state index in [2.05, 4.69) is 10.4 Å². The number of amides is 1. The Morgan fingerprint density at radius 1 is 1.14 bits per heavy atom. The molecule has 6 nitrogen and oxygen atoms in total. The zero-order valence-electron chi connectivity index (χ0n) is 15.9. The second kappa shape index (κ2) is 7.72. The molecular weight excluding hydrogens is 390 g/mol. The lowest BCUT2D eigenvalue weighted by Gasteiger charge is -2.14. The van der Waals surface area contributed by atoms with Crippen LogP contribution >= 0.6 is 11.6 Å². The number of anilines is 1. The molecule has 1 aliphatic rings. The summed E-state index contributed by atoms with van der Waals surface area (Å²) in [7, 11) is 1.73. The van der Waals surface area contributed by atoms with Crippen LogP contribution in [0.1, 0.15) is 18.4 Å². The molecule has 1 fully saturated rings. The molecule has 0 bridgehead atoms. The quantitative estimate of drug-likeness (QED) is 0.625.